The van der Waals surface area contributed by atoms with Crippen LogP contribution in [0.4, 0.5) is 22.0 Å². The number of carbonyl (C=O) groups is 2. The van der Waals surface area contributed by atoms with Gasteiger partial charge in [0, 0.05) is 17.0 Å². The number of aryl methyl sites for hydroxylation is 1. The van der Waals surface area contributed by atoms with Crippen molar-refractivity contribution in [3.05, 3.63) is 58.9 Å². The molecule has 0 spiro atoms. The highest BCUT2D eigenvalue weighted by atomic mass is 19.4. The quantitative estimate of drug-likeness (QED) is 0.557. The average molecular weight is 474 g/mol. The monoisotopic (exact) mass is 474 g/mol. The number of aromatic nitrogens is 1. The summed E-state index contributed by atoms with van der Waals surface area (Å²) in [6.45, 7) is 5.92. The summed E-state index contributed by atoms with van der Waals surface area (Å²) in [4.78, 5) is 28.9. The molecule has 0 aliphatic carbocycles. The minimum absolute atomic E-state index is 0.176. The van der Waals surface area contributed by atoms with E-state index in [0.29, 0.717) is 17.0 Å². The number of ether oxygens (including phenoxy) is 1. The van der Waals surface area contributed by atoms with Crippen LogP contribution < -0.4 is 10.1 Å². The van der Waals surface area contributed by atoms with Crippen molar-refractivity contribution < 1.29 is 41.4 Å². The van der Waals surface area contributed by atoms with Gasteiger partial charge in [0.1, 0.15) is 11.4 Å². The summed E-state index contributed by atoms with van der Waals surface area (Å²) in [7, 11) is 0. The van der Waals surface area contributed by atoms with Crippen LogP contribution in [0.5, 0.6) is 5.75 Å². The molecule has 6 nitrogen and oxygen atoms in total. The summed E-state index contributed by atoms with van der Waals surface area (Å²) < 4.78 is 66.5. The molecule has 1 amide bonds. The molecule has 1 atom stereocenters. The second-order valence-electron chi connectivity index (χ2n) is 8.03. The fraction of sp³-hybridized carbons (Fsp3) is 0.409. The summed E-state index contributed by atoms with van der Waals surface area (Å²) in [6.07, 6.45) is -11.4. The van der Waals surface area contributed by atoms with Gasteiger partial charge < -0.3 is 15.2 Å². The van der Waals surface area contributed by atoms with Crippen molar-refractivity contribution in [1.82, 2.24) is 10.3 Å². The molecular weight excluding hydrogens is 451 g/mol. The maximum absolute atomic E-state index is 13.0. The van der Waals surface area contributed by atoms with Crippen LogP contribution in [-0.4, -0.2) is 39.7 Å². The van der Waals surface area contributed by atoms with E-state index in [2.05, 4.69) is 15.0 Å². The van der Waals surface area contributed by atoms with Crippen molar-refractivity contribution in [3.8, 4) is 5.75 Å². The highest BCUT2D eigenvalue weighted by Crippen LogP contribution is 2.37. The Labute approximate surface area is 186 Å². The largest absolute Gasteiger partial charge is 0.499 e. The van der Waals surface area contributed by atoms with Crippen molar-refractivity contribution in [2.45, 2.75) is 58.0 Å². The third-order valence-electron chi connectivity index (χ3n) is 4.60. The van der Waals surface area contributed by atoms with Crippen molar-refractivity contribution in [2.24, 2.45) is 0 Å². The van der Waals surface area contributed by atoms with Crippen LogP contribution in [0, 0.1) is 6.92 Å². The van der Waals surface area contributed by atoms with Gasteiger partial charge in [-0.25, -0.2) is 0 Å². The van der Waals surface area contributed by atoms with Crippen LogP contribution in [0.3, 0.4) is 0 Å². The fourth-order valence-corrected chi connectivity index (χ4v) is 2.73. The molecule has 0 saturated heterocycles. The van der Waals surface area contributed by atoms with E-state index < -0.39 is 41.4 Å². The summed E-state index contributed by atoms with van der Waals surface area (Å²) in [5.41, 5.74) is -0.151. The molecule has 2 rings (SSSR count). The van der Waals surface area contributed by atoms with Gasteiger partial charge in [0.05, 0.1) is 12.5 Å². The van der Waals surface area contributed by atoms with Gasteiger partial charge in [0.2, 0.25) is 0 Å². The molecule has 0 aliphatic rings. The number of benzene rings is 1. The first-order valence-electron chi connectivity index (χ1n) is 9.77. The van der Waals surface area contributed by atoms with Crippen LogP contribution in [0.25, 0.3) is 0 Å². The Balaban J connectivity index is 2.11. The SMILES string of the molecule is Cc1cc(C(=O)NC(C)c2ccc(OC(F)(F)C(F)(F)F)cc2)cc(CC(=O)C(C)(C)O)n1. The highest BCUT2D eigenvalue weighted by Gasteiger charge is 2.61. The second kappa shape index (κ2) is 9.42. The molecule has 0 radical (unpaired) electrons. The van der Waals surface area contributed by atoms with Crippen LogP contribution >= 0.6 is 0 Å². The lowest BCUT2D eigenvalue weighted by atomic mass is 9.98. The molecule has 1 aromatic carbocycles. The van der Waals surface area contributed by atoms with Crippen LogP contribution in [0.2, 0.25) is 0 Å². The molecule has 1 aromatic heterocycles. The van der Waals surface area contributed by atoms with Gasteiger partial charge in [-0.3, -0.25) is 14.6 Å². The predicted octanol–water partition coefficient (Wildman–Crippen LogP) is 4.30. The Bertz CT molecular complexity index is 1010. The lowest BCUT2D eigenvalue weighted by Gasteiger charge is -2.21. The van der Waals surface area contributed by atoms with E-state index in [-0.39, 0.29) is 12.0 Å². The van der Waals surface area contributed by atoms with Crippen LogP contribution in [-0.2, 0) is 11.2 Å². The molecule has 0 fully saturated rings. The van der Waals surface area contributed by atoms with Gasteiger partial charge in [-0.2, -0.15) is 22.0 Å². The zero-order chi connectivity index (χ0) is 25.2. The molecular formula is C22H23F5N2O4. The summed E-state index contributed by atoms with van der Waals surface area (Å²) in [6, 6.07) is 6.65. The van der Waals surface area contributed by atoms with Crippen molar-refractivity contribution in [3.63, 3.8) is 0 Å². The normalized spacial score (nSPS) is 13.4. The number of nitrogens with one attached hydrogen (secondary N) is 1. The van der Waals surface area contributed by atoms with Crippen molar-refractivity contribution in [2.75, 3.05) is 0 Å². The van der Waals surface area contributed by atoms with Gasteiger partial charge in [-0.1, -0.05) is 12.1 Å². The minimum atomic E-state index is -5.86. The number of halogens is 5. The van der Waals surface area contributed by atoms with Crippen LogP contribution in [0.1, 0.15) is 54.1 Å². The molecule has 2 N–H and O–H groups in total. The molecule has 1 unspecified atom stereocenters. The maximum Gasteiger partial charge on any atom is 0.499 e. The van der Waals surface area contributed by atoms with Gasteiger partial charge >= 0.3 is 12.3 Å². The Kier molecular flexibility index (Phi) is 7.47. The standard InChI is InChI=1S/C22H23F5N2O4/c1-12-9-15(10-16(28-12)11-18(30)20(3,4)32)19(31)29-13(2)14-5-7-17(8-6-14)33-22(26,27)21(23,24)25/h5-10,13,32H,11H2,1-4H3,(H,29,31). The zero-order valence-electron chi connectivity index (χ0n) is 18.3. The first-order chi connectivity index (χ1) is 15.0. The molecule has 2 aromatic rings. The van der Waals surface area contributed by atoms with E-state index in [1.54, 1.807) is 13.8 Å². The van der Waals surface area contributed by atoms with Gasteiger partial charge in [0.25, 0.3) is 5.91 Å². The number of rotatable bonds is 8. The number of Topliss-reactive ketones (excluding diaryl/α,β-unsaturated/α-hetero) is 1. The molecule has 33 heavy (non-hydrogen) atoms. The third-order valence-corrected chi connectivity index (χ3v) is 4.60. The van der Waals surface area contributed by atoms with Crippen molar-refractivity contribution in [1.29, 1.82) is 0 Å². The lowest BCUT2D eigenvalue weighted by Crippen LogP contribution is -2.41. The maximum atomic E-state index is 13.0. The highest BCUT2D eigenvalue weighted by molar-refractivity contribution is 5.95. The van der Waals surface area contributed by atoms with E-state index in [9.17, 15) is 36.6 Å². The van der Waals surface area contributed by atoms with Crippen LogP contribution in [0.15, 0.2) is 36.4 Å². The van der Waals surface area contributed by atoms with E-state index in [1.165, 1.54) is 38.1 Å². The summed E-state index contributed by atoms with van der Waals surface area (Å²) >= 11 is 0. The molecule has 180 valence electrons. The van der Waals surface area contributed by atoms with E-state index >= 15 is 0 Å². The Morgan fingerprint density at radius 3 is 2.18 bits per heavy atom. The second-order valence-corrected chi connectivity index (χ2v) is 8.03. The zero-order valence-corrected chi connectivity index (χ0v) is 18.3. The number of alkyl halides is 5. The fourth-order valence-electron chi connectivity index (χ4n) is 2.73. The first kappa shape index (κ1) is 26.2. The van der Waals surface area contributed by atoms with E-state index in [1.807, 2.05) is 0 Å². The van der Waals surface area contributed by atoms with Crippen molar-refractivity contribution >= 4 is 11.7 Å². The Hall–Kier alpha value is -3.08. The third kappa shape index (κ3) is 6.95. The molecule has 1 heterocycles. The molecule has 0 aliphatic heterocycles. The Morgan fingerprint density at radius 2 is 1.67 bits per heavy atom. The number of hydrogen-bond acceptors (Lipinski definition) is 5. The topological polar surface area (TPSA) is 88.5 Å². The molecule has 0 bridgehead atoms. The predicted molar refractivity (Wildman–Crippen MR) is 108 cm³/mol. The summed E-state index contributed by atoms with van der Waals surface area (Å²) in [5.74, 6) is -1.68. The minimum Gasteiger partial charge on any atom is -0.426 e. The number of amides is 1. The van der Waals surface area contributed by atoms with Gasteiger partial charge in [-0.05, 0) is 57.5 Å². The van der Waals surface area contributed by atoms with Gasteiger partial charge in [0.15, 0.2) is 5.78 Å². The number of aliphatic hydroxyl groups is 1. The van der Waals surface area contributed by atoms with E-state index in [4.69, 9.17) is 0 Å². The number of pyridine rings is 1. The van der Waals surface area contributed by atoms with E-state index in [0.717, 1.165) is 12.1 Å². The smallest absolute Gasteiger partial charge is 0.426 e. The average Bonchev–Trinajstić information content (AvgIpc) is 2.66. The molecule has 11 heteroatoms. The lowest BCUT2D eigenvalue weighted by molar-refractivity contribution is -0.360. The number of carbonyl (C=O) groups excluding carboxylic acids is 2. The van der Waals surface area contributed by atoms with Gasteiger partial charge in [-0.15, -0.1) is 0 Å². The molecule has 0 saturated carbocycles. The number of nitrogens with zero attached hydrogens (tertiary/aromatic N) is 1. The number of ketones is 1. The number of hydrogen-bond donors (Lipinski definition) is 2. The summed E-state index contributed by atoms with van der Waals surface area (Å²) in [5, 5.41) is 12.5. The Morgan fingerprint density at radius 1 is 1.09 bits per heavy atom. The first-order valence-corrected chi connectivity index (χ1v) is 9.77.